The lowest BCUT2D eigenvalue weighted by atomic mass is 9.95. The van der Waals surface area contributed by atoms with Gasteiger partial charge in [0.05, 0.1) is 22.3 Å². The Labute approximate surface area is 138 Å². The lowest BCUT2D eigenvalue weighted by molar-refractivity contribution is -0.385. The summed E-state index contributed by atoms with van der Waals surface area (Å²) < 4.78 is 5.71. The Kier molecular flexibility index (Phi) is 4.20. The van der Waals surface area contributed by atoms with E-state index in [1.54, 1.807) is 6.07 Å². The number of hydrogen-bond acceptors (Lipinski definition) is 6. The minimum atomic E-state index is -1.34. The van der Waals surface area contributed by atoms with E-state index >= 15 is 0 Å². The van der Waals surface area contributed by atoms with Crippen LogP contribution in [0.25, 0.3) is 0 Å². The van der Waals surface area contributed by atoms with Crippen molar-refractivity contribution in [1.29, 1.82) is 0 Å². The molecule has 1 aromatic carbocycles. The SMILES string of the molecule is CCN=C1SC2CCOc3ccc([N+](=O)[O-])cc3C2(O)N1CC. The topological polar surface area (TPSA) is 88.2 Å². The molecule has 124 valence electrons. The van der Waals surface area contributed by atoms with Crippen LogP contribution in [-0.2, 0) is 5.72 Å². The van der Waals surface area contributed by atoms with Gasteiger partial charge >= 0.3 is 0 Å². The molecule has 1 saturated heterocycles. The first-order valence-corrected chi connectivity index (χ1v) is 8.53. The zero-order chi connectivity index (χ0) is 16.6. The van der Waals surface area contributed by atoms with E-state index in [9.17, 15) is 15.2 Å². The van der Waals surface area contributed by atoms with E-state index in [0.717, 1.165) is 5.17 Å². The predicted molar refractivity (Wildman–Crippen MR) is 88.8 cm³/mol. The van der Waals surface area contributed by atoms with Gasteiger partial charge in [-0.1, -0.05) is 11.8 Å². The van der Waals surface area contributed by atoms with Crippen molar-refractivity contribution in [2.45, 2.75) is 31.2 Å². The summed E-state index contributed by atoms with van der Waals surface area (Å²) in [6.45, 7) is 5.53. The molecule has 0 saturated carbocycles. The van der Waals surface area contributed by atoms with E-state index in [-0.39, 0.29) is 10.9 Å². The molecule has 23 heavy (non-hydrogen) atoms. The number of fused-ring (bicyclic) bond motifs is 3. The quantitative estimate of drug-likeness (QED) is 0.673. The number of nitro groups is 1. The highest BCUT2D eigenvalue weighted by molar-refractivity contribution is 8.14. The molecule has 1 fully saturated rings. The Morgan fingerprint density at radius 3 is 3.00 bits per heavy atom. The second-order valence-corrected chi connectivity index (χ2v) is 6.58. The lowest BCUT2D eigenvalue weighted by Gasteiger charge is -2.36. The van der Waals surface area contributed by atoms with Gasteiger partial charge in [0, 0.05) is 25.2 Å². The van der Waals surface area contributed by atoms with Gasteiger partial charge in [-0.15, -0.1) is 0 Å². The molecule has 0 aliphatic carbocycles. The number of nitro benzene ring substituents is 1. The number of thioether (sulfide) groups is 1. The largest absolute Gasteiger partial charge is 0.493 e. The average molecular weight is 337 g/mol. The number of ether oxygens (including phenoxy) is 1. The van der Waals surface area contributed by atoms with E-state index in [1.807, 2.05) is 18.7 Å². The molecule has 1 aromatic rings. The van der Waals surface area contributed by atoms with Crippen molar-refractivity contribution in [2.24, 2.45) is 4.99 Å². The van der Waals surface area contributed by atoms with Crippen molar-refractivity contribution in [3.8, 4) is 5.75 Å². The molecule has 0 bridgehead atoms. The lowest BCUT2D eigenvalue weighted by Crippen LogP contribution is -2.48. The molecule has 2 aliphatic rings. The molecule has 2 atom stereocenters. The summed E-state index contributed by atoms with van der Waals surface area (Å²) in [7, 11) is 0. The molecule has 0 radical (unpaired) electrons. The number of hydrogen-bond donors (Lipinski definition) is 1. The molecule has 8 heteroatoms. The van der Waals surface area contributed by atoms with Gasteiger partial charge in [-0.3, -0.25) is 15.1 Å². The van der Waals surface area contributed by atoms with Crippen molar-refractivity contribution in [3.63, 3.8) is 0 Å². The molecule has 0 amide bonds. The summed E-state index contributed by atoms with van der Waals surface area (Å²) in [6.07, 6.45) is 0.642. The second-order valence-electron chi connectivity index (χ2n) is 5.41. The monoisotopic (exact) mass is 337 g/mol. The number of amidine groups is 1. The molecule has 3 rings (SSSR count). The fourth-order valence-corrected chi connectivity index (χ4v) is 4.61. The van der Waals surface area contributed by atoms with Crippen LogP contribution in [0, 0.1) is 10.1 Å². The zero-order valence-electron chi connectivity index (χ0n) is 13.1. The van der Waals surface area contributed by atoms with Gasteiger partial charge in [0.1, 0.15) is 5.75 Å². The van der Waals surface area contributed by atoms with Crippen LogP contribution in [-0.4, -0.2) is 45.0 Å². The molecule has 1 N–H and O–H groups in total. The molecule has 2 unspecified atom stereocenters. The Bertz CT molecular complexity index is 666. The molecule has 7 nitrogen and oxygen atoms in total. The van der Waals surface area contributed by atoms with Crippen LogP contribution >= 0.6 is 11.8 Å². The number of aliphatic hydroxyl groups is 1. The van der Waals surface area contributed by atoms with Crippen LogP contribution in [0.3, 0.4) is 0 Å². The highest BCUT2D eigenvalue weighted by Gasteiger charge is 2.54. The first-order chi connectivity index (χ1) is 11.0. The normalized spacial score (nSPS) is 28.0. The summed E-state index contributed by atoms with van der Waals surface area (Å²) in [5.41, 5.74) is -0.945. The van der Waals surface area contributed by atoms with Crippen molar-refractivity contribution in [2.75, 3.05) is 19.7 Å². The maximum absolute atomic E-state index is 11.5. The van der Waals surface area contributed by atoms with Crippen LogP contribution < -0.4 is 4.74 Å². The molecule has 0 spiro atoms. The summed E-state index contributed by atoms with van der Waals surface area (Å²) in [5.74, 6) is 0.498. The third kappa shape index (κ3) is 2.46. The standard InChI is InChI=1S/C15H19N3O4S/c1-3-16-14-17(4-2)15(19)11-9-10(18(20)21)5-6-12(11)22-8-7-13(15)23-14/h5-6,9,13,19H,3-4,7-8H2,1-2H3. The Morgan fingerprint density at radius 2 is 2.35 bits per heavy atom. The highest BCUT2D eigenvalue weighted by atomic mass is 32.2. The van der Waals surface area contributed by atoms with Crippen LogP contribution in [0.4, 0.5) is 5.69 Å². The van der Waals surface area contributed by atoms with Crippen molar-refractivity contribution >= 4 is 22.6 Å². The van der Waals surface area contributed by atoms with Crippen molar-refractivity contribution in [3.05, 3.63) is 33.9 Å². The summed E-state index contributed by atoms with van der Waals surface area (Å²) in [6, 6.07) is 4.40. The van der Waals surface area contributed by atoms with Crippen molar-refractivity contribution < 1.29 is 14.8 Å². The number of non-ortho nitro benzene ring substituents is 1. The number of rotatable bonds is 3. The number of nitrogens with zero attached hydrogens (tertiary/aromatic N) is 3. The predicted octanol–water partition coefficient (Wildman–Crippen LogP) is 2.34. The fraction of sp³-hybridized carbons (Fsp3) is 0.533. The van der Waals surface area contributed by atoms with Gasteiger partial charge in [0.15, 0.2) is 10.9 Å². The Morgan fingerprint density at radius 1 is 1.57 bits per heavy atom. The Hall–Kier alpha value is -1.80. The smallest absolute Gasteiger partial charge is 0.270 e. The van der Waals surface area contributed by atoms with Gasteiger partial charge in [-0.05, 0) is 26.3 Å². The highest BCUT2D eigenvalue weighted by Crippen LogP contribution is 2.51. The first kappa shape index (κ1) is 16.1. The van der Waals surface area contributed by atoms with E-state index < -0.39 is 10.6 Å². The molecule has 0 aromatic heterocycles. The Balaban J connectivity index is 2.18. The van der Waals surface area contributed by atoms with Crippen LogP contribution in [0.1, 0.15) is 25.8 Å². The van der Waals surface area contributed by atoms with E-state index in [0.29, 0.717) is 37.4 Å². The van der Waals surface area contributed by atoms with Crippen LogP contribution in [0.15, 0.2) is 23.2 Å². The summed E-state index contributed by atoms with van der Waals surface area (Å²) >= 11 is 1.52. The second kappa shape index (κ2) is 6.01. The maximum Gasteiger partial charge on any atom is 0.270 e. The van der Waals surface area contributed by atoms with E-state index in [1.165, 1.54) is 23.9 Å². The zero-order valence-corrected chi connectivity index (χ0v) is 13.9. The first-order valence-electron chi connectivity index (χ1n) is 7.65. The van der Waals surface area contributed by atoms with Crippen LogP contribution in [0.5, 0.6) is 5.75 Å². The summed E-state index contributed by atoms with van der Waals surface area (Å²) in [4.78, 5) is 17.0. The molecule has 2 aliphatic heterocycles. The van der Waals surface area contributed by atoms with Gasteiger partial charge in [0.25, 0.3) is 5.69 Å². The van der Waals surface area contributed by atoms with E-state index in [4.69, 9.17) is 4.74 Å². The number of aliphatic imine (C=N–C) groups is 1. The third-order valence-corrected chi connectivity index (χ3v) is 5.57. The van der Waals surface area contributed by atoms with Gasteiger partial charge < -0.3 is 14.7 Å². The van der Waals surface area contributed by atoms with Crippen LogP contribution in [0.2, 0.25) is 0 Å². The van der Waals surface area contributed by atoms with Gasteiger partial charge in [0.2, 0.25) is 0 Å². The maximum atomic E-state index is 11.5. The van der Waals surface area contributed by atoms with Crippen molar-refractivity contribution in [1.82, 2.24) is 4.90 Å². The van der Waals surface area contributed by atoms with Gasteiger partial charge in [-0.25, -0.2) is 0 Å². The number of benzene rings is 1. The third-order valence-electron chi connectivity index (χ3n) is 4.16. The summed E-state index contributed by atoms with van der Waals surface area (Å²) in [5, 5.41) is 23.3. The molecule has 2 heterocycles. The van der Waals surface area contributed by atoms with Gasteiger partial charge in [-0.2, -0.15) is 0 Å². The average Bonchev–Trinajstić information content (AvgIpc) is 2.71. The minimum absolute atomic E-state index is 0.0524. The fourth-order valence-electron chi connectivity index (χ4n) is 3.13. The molecular formula is C15H19N3O4S. The van der Waals surface area contributed by atoms with E-state index in [2.05, 4.69) is 4.99 Å². The molecular weight excluding hydrogens is 318 g/mol. The minimum Gasteiger partial charge on any atom is -0.493 e.